The highest BCUT2D eigenvalue weighted by Crippen LogP contribution is 2.60. The van der Waals surface area contributed by atoms with Crippen molar-refractivity contribution in [3.8, 4) is 0 Å². The summed E-state index contributed by atoms with van der Waals surface area (Å²) in [5.74, 6) is 1.72. The van der Waals surface area contributed by atoms with E-state index < -0.39 is 17.8 Å². The third kappa shape index (κ3) is 4.31. The molecule has 3 N–H and O–H groups in total. The number of carbonyl (C=O) groups is 1. The molecule has 0 saturated heterocycles. The van der Waals surface area contributed by atoms with Crippen LogP contribution in [0.2, 0.25) is 0 Å². The first-order valence-corrected chi connectivity index (χ1v) is 12.7. The Morgan fingerprint density at radius 1 is 1.16 bits per heavy atom. The third-order valence-electron chi connectivity index (χ3n) is 9.53. The number of hydrogen-bond donors (Lipinski definition) is 3. The second-order valence-electron chi connectivity index (χ2n) is 11.8. The number of aliphatic hydroxyl groups is 3. The fraction of sp³-hybridized carbons (Fsp3) is 0.750. The lowest BCUT2D eigenvalue weighted by Gasteiger charge is -2.44. The molecule has 3 unspecified atom stereocenters. The highest BCUT2D eigenvalue weighted by Gasteiger charge is 2.52. The number of rotatable bonds is 4. The molecule has 4 aliphatic rings. The standard InChI is InChI=1S/C28H42O4/c1-17(14-21-11-13-28(4,32)26(21)31)23-9-10-24-19(6-5-12-27(23,24)3)7-8-20-15-22(29)16-25(30)18(20)2/h7-8,17,21-25,29-30,32H,2,5-6,9-16H2,1,3-4H3/b19-7+,20-8-/t17-,21?,22-,23-,24?,25+,27-,28?/m1/s1. The van der Waals surface area contributed by atoms with E-state index in [9.17, 15) is 20.1 Å². The van der Waals surface area contributed by atoms with Gasteiger partial charge in [-0.25, -0.2) is 0 Å². The number of aliphatic hydroxyl groups excluding tert-OH is 2. The molecule has 178 valence electrons. The smallest absolute Gasteiger partial charge is 0.167 e. The highest BCUT2D eigenvalue weighted by atomic mass is 16.3. The third-order valence-corrected chi connectivity index (χ3v) is 9.53. The van der Waals surface area contributed by atoms with Crippen LogP contribution in [0.5, 0.6) is 0 Å². The van der Waals surface area contributed by atoms with Gasteiger partial charge < -0.3 is 15.3 Å². The molecule has 0 aromatic carbocycles. The largest absolute Gasteiger partial charge is 0.393 e. The molecule has 4 fully saturated rings. The van der Waals surface area contributed by atoms with Gasteiger partial charge in [0.2, 0.25) is 0 Å². The van der Waals surface area contributed by atoms with Gasteiger partial charge in [-0.2, -0.15) is 0 Å². The van der Waals surface area contributed by atoms with Crippen molar-refractivity contribution in [2.24, 2.45) is 29.1 Å². The second-order valence-corrected chi connectivity index (χ2v) is 11.8. The summed E-state index contributed by atoms with van der Waals surface area (Å²) in [6.07, 6.45) is 12.5. The number of carbonyl (C=O) groups excluding carboxylic acids is 1. The molecule has 8 atom stereocenters. The van der Waals surface area contributed by atoms with E-state index in [2.05, 4.69) is 32.6 Å². The number of hydrogen-bond acceptors (Lipinski definition) is 4. The first-order valence-electron chi connectivity index (χ1n) is 12.7. The van der Waals surface area contributed by atoms with Gasteiger partial charge in [-0.3, -0.25) is 4.79 Å². The van der Waals surface area contributed by atoms with Crippen molar-refractivity contribution < 1.29 is 20.1 Å². The summed E-state index contributed by atoms with van der Waals surface area (Å²) >= 11 is 0. The maximum atomic E-state index is 12.6. The molecule has 0 amide bonds. The van der Waals surface area contributed by atoms with E-state index >= 15 is 0 Å². The molecule has 0 radical (unpaired) electrons. The van der Waals surface area contributed by atoms with Crippen LogP contribution in [-0.4, -0.2) is 38.9 Å². The van der Waals surface area contributed by atoms with Crippen LogP contribution in [-0.2, 0) is 4.79 Å². The lowest BCUT2D eigenvalue weighted by molar-refractivity contribution is -0.135. The second kappa shape index (κ2) is 8.85. The van der Waals surface area contributed by atoms with E-state index in [1.165, 1.54) is 31.3 Å². The average molecular weight is 443 g/mol. The summed E-state index contributed by atoms with van der Waals surface area (Å²) in [6.45, 7) is 10.5. The fourth-order valence-electron chi connectivity index (χ4n) is 7.67. The molecule has 0 spiro atoms. The van der Waals surface area contributed by atoms with Crippen LogP contribution in [0.3, 0.4) is 0 Å². The molecule has 32 heavy (non-hydrogen) atoms. The van der Waals surface area contributed by atoms with Crippen molar-refractivity contribution in [2.75, 3.05) is 0 Å². The minimum Gasteiger partial charge on any atom is -0.393 e. The maximum Gasteiger partial charge on any atom is 0.167 e. The zero-order valence-corrected chi connectivity index (χ0v) is 20.1. The van der Waals surface area contributed by atoms with Gasteiger partial charge in [-0.05, 0) is 99.0 Å². The molecule has 0 aromatic rings. The minimum atomic E-state index is -1.12. The Kier molecular flexibility index (Phi) is 6.61. The zero-order valence-electron chi connectivity index (χ0n) is 20.1. The van der Waals surface area contributed by atoms with E-state index in [1.54, 1.807) is 6.92 Å². The Morgan fingerprint density at radius 3 is 2.59 bits per heavy atom. The van der Waals surface area contributed by atoms with Crippen molar-refractivity contribution >= 4 is 5.78 Å². The van der Waals surface area contributed by atoms with Crippen molar-refractivity contribution in [2.45, 2.75) is 103 Å². The van der Waals surface area contributed by atoms with Gasteiger partial charge in [0.1, 0.15) is 5.60 Å². The van der Waals surface area contributed by atoms with E-state index in [0.29, 0.717) is 37.0 Å². The van der Waals surface area contributed by atoms with Gasteiger partial charge in [0, 0.05) is 12.3 Å². The van der Waals surface area contributed by atoms with E-state index in [1.807, 2.05) is 0 Å². The molecule has 0 heterocycles. The van der Waals surface area contributed by atoms with Crippen LogP contribution in [0.4, 0.5) is 0 Å². The van der Waals surface area contributed by atoms with Crippen LogP contribution < -0.4 is 0 Å². The summed E-state index contributed by atoms with van der Waals surface area (Å²) < 4.78 is 0. The van der Waals surface area contributed by atoms with E-state index in [4.69, 9.17) is 0 Å². The van der Waals surface area contributed by atoms with Crippen LogP contribution in [0, 0.1) is 29.1 Å². The average Bonchev–Trinajstić information content (AvgIpc) is 3.21. The Balaban J connectivity index is 1.48. The number of fused-ring (bicyclic) bond motifs is 1. The summed E-state index contributed by atoms with van der Waals surface area (Å²) in [5.41, 5.74) is 2.37. The molecular weight excluding hydrogens is 400 g/mol. The molecule has 4 heteroatoms. The lowest BCUT2D eigenvalue weighted by atomic mass is 9.60. The Labute approximate surface area is 193 Å². The van der Waals surface area contributed by atoms with Gasteiger partial charge in [-0.15, -0.1) is 0 Å². The first kappa shape index (κ1) is 23.9. The van der Waals surface area contributed by atoms with Gasteiger partial charge in [0.05, 0.1) is 12.2 Å². The van der Waals surface area contributed by atoms with E-state index in [-0.39, 0.29) is 17.1 Å². The normalized spacial score (nSPS) is 46.1. The van der Waals surface area contributed by atoms with Gasteiger partial charge in [-0.1, -0.05) is 38.2 Å². The van der Waals surface area contributed by atoms with Gasteiger partial charge in [0.15, 0.2) is 5.78 Å². The summed E-state index contributed by atoms with van der Waals surface area (Å²) in [5, 5.41) is 30.5. The topological polar surface area (TPSA) is 77.8 Å². The van der Waals surface area contributed by atoms with Crippen LogP contribution in [0.1, 0.15) is 85.0 Å². The maximum absolute atomic E-state index is 12.6. The number of ketones is 1. The Bertz CT molecular complexity index is 821. The number of Topliss-reactive ketones (excluding diaryl/α,β-unsaturated/α-hetero) is 1. The molecule has 4 rings (SSSR count). The number of allylic oxidation sites excluding steroid dienone is 3. The molecule has 4 nitrogen and oxygen atoms in total. The lowest BCUT2D eigenvalue weighted by Crippen LogP contribution is -2.37. The van der Waals surface area contributed by atoms with Crippen molar-refractivity contribution in [1.82, 2.24) is 0 Å². The predicted octanol–water partition coefficient (Wildman–Crippen LogP) is 4.88. The van der Waals surface area contributed by atoms with Gasteiger partial charge in [0.25, 0.3) is 0 Å². The predicted molar refractivity (Wildman–Crippen MR) is 127 cm³/mol. The van der Waals surface area contributed by atoms with Crippen LogP contribution >= 0.6 is 0 Å². The molecule has 4 saturated carbocycles. The van der Waals surface area contributed by atoms with E-state index in [0.717, 1.165) is 30.4 Å². The minimum absolute atomic E-state index is 0.0150. The van der Waals surface area contributed by atoms with Crippen molar-refractivity contribution in [1.29, 1.82) is 0 Å². The first-order chi connectivity index (χ1) is 15.0. The monoisotopic (exact) mass is 442 g/mol. The van der Waals surface area contributed by atoms with Crippen molar-refractivity contribution in [3.05, 3.63) is 35.5 Å². The summed E-state index contributed by atoms with van der Waals surface area (Å²) in [7, 11) is 0. The molecule has 4 aliphatic carbocycles. The van der Waals surface area contributed by atoms with Crippen LogP contribution in [0.15, 0.2) is 35.5 Å². The molecule has 0 bridgehead atoms. The quantitative estimate of drug-likeness (QED) is 0.580. The highest BCUT2D eigenvalue weighted by molar-refractivity contribution is 5.90. The van der Waals surface area contributed by atoms with Crippen molar-refractivity contribution in [3.63, 3.8) is 0 Å². The fourth-order valence-corrected chi connectivity index (χ4v) is 7.67. The molecular formula is C28H42O4. The molecule has 0 aliphatic heterocycles. The summed E-state index contributed by atoms with van der Waals surface area (Å²) in [4.78, 5) is 12.6. The zero-order chi connectivity index (χ0) is 23.3. The van der Waals surface area contributed by atoms with Gasteiger partial charge >= 0.3 is 0 Å². The Morgan fingerprint density at radius 2 is 1.91 bits per heavy atom. The molecule has 0 aromatic heterocycles. The van der Waals surface area contributed by atoms with Crippen LogP contribution in [0.25, 0.3) is 0 Å². The SMILES string of the molecule is C=C1/C(=C\C=C2/CCC[C@@]3(C)C2CC[C@@H]3[C@H](C)CC2CCC(C)(O)C2=O)C[C@@H](O)C[C@@H]1O. The Hall–Kier alpha value is -1.23. The summed E-state index contributed by atoms with van der Waals surface area (Å²) in [6, 6.07) is 0.